The molecule has 0 aliphatic heterocycles. The molecule has 1 aliphatic rings. The van der Waals surface area contributed by atoms with Crippen LogP contribution >= 0.6 is 46.4 Å². The molecule has 0 heterocycles. The lowest BCUT2D eigenvalue weighted by Crippen LogP contribution is -2.54. The second-order valence-corrected chi connectivity index (χ2v) is 13.9. The smallest absolute Gasteiger partial charge is 0.264 e. The van der Waals surface area contributed by atoms with E-state index in [2.05, 4.69) is 5.32 Å². The number of carbonyl (C=O) groups excluding carboxylic acids is 2. The highest BCUT2D eigenvalue weighted by atomic mass is 35.5. The minimum atomic E-state index is -4.28. The molecule has 1 saturated carbocycles. The van der Waals surface area contributed by atoms with Gasteiger partial charge in [0.2, 0.25) is 11.8 Å². The van der Waals surface area contributed by atoms with Gasteiger partial charge in [0.1, 0.15) is 12.6 Å². The summed E-state index contributed by atoms with van der Waals surface area (Å²) >= 11 is 25.6. The van der Waals surface area contributed by atoms with Gasteiger partial charge in [0.05, 0.1) is 15.6 Å². The molecule has 12 heteroatoms. The van der Waals surface area contributed by atoms with E-state index in [0.717, 1.165) is 36.4 Å². The first kappa shape index (κ1) is 33.4. The third kappa shape index (κ3) is 8.17. The number of sulfonamides is 1. The highest BCUT2D eigenvalue weighted by Crippen LogP contribution is 2.34. The van der Waals surface area contributed by atoms with Crippen molar-refractivity contribution in [2.24, 2.45) is 0 Å². The maximum Gasteiger partial charge on any atom is 0.264 e. The zero-order valence-corrected chi connectivity index (χ0v) is 27.5. The van der Waals surface area contributed by atoms with Crippen LogP contribution < -0.4 is 9.62 Å². The topological polar surface area (TPSA) is 86.8 Å². The highest BCUT2D eigenvalue weighted by Gasteiger charge is 2.35. The van der Waals surface area contributed by atoms with E-state index in [1.807, 2.05) is 0 Å². The van der Waals surface area contributed by atoms with E-state index >= 15 is 0 Å². The van der Waals surface area contributed by atoms with Crippen LogP contribution in [0, 0.1) is 0 Å². The highest BCUT2D eigenvalue weighted by molar-refractivity contribution is 7.92. The van der Waals surface area contributed by atoms with Gasteiger partial charge in [-0.3, -0.25) is 13.9 Å². The molecule has 1 atom stereocenters. The van der Waals surface area contributed by atoms with Gasteiger partial charge in [0.15, 0.2) is 0 Å². The van der Waals surface area contributed by atoms with Crippen molar-refractivity contribution in [2.75, 3.05) is 10.8 Å². The van der Waals surface area contributed by atoms with Gasteiger partial charge in [-0.05, 0) is 61.7 Å². The fraction of sp³-hybridized carbons (Fsp3) is 0.355. The molecule has 3 aromatic rings. The zero-order valence-electron chi connectivity index (χ0n) is 23.6. The van der Waals surface area contributed by atoms with Crippen molar-refractivity contribution in [1.29, 1.82) is 0 Å². The Balaban J connectivity index is 1.75. The van der Waals surface area contributed by atoms with Crippen molar-refractivity contribution < 1.29 is 18.0 Å². The predicted molar refractivity (Wildman–Crippen MR) is 174 cm³/mol. The number of nitrogens with one attached hydrogen (secondary N) is 1. The SMILES string of the molecule is CC[C@H](C(=O)NC1CCCCC1)N(Cc1c(Cl)cccc1Cl)C(=O)CN(c1ccc(Cl)cc1Cl)S(=O)(=O)c1ccccc1. The Kier molecular flexibility index (Phi) is 11.6. The van der Waals surface area contributed by atoms with Crippen molar-refractivity contribution in [2.45, 2.75) is 69.0 Å². The van der Waals surface area contributed by atoms with Crippen LogP contribution in [0.4, 0.5) is 5.69 Å². The summed E-state index contributed by atoms with van der Waals surface area (Å²) in [7, 11) is -4.28. The molecule has 2 amide bonds. The first-order valence-electron chi connectivity index (χ1n) is 14.1. The normalized spacial score (nSPS) is 14.6. The summed E-state index contributed by atoms with van der Waals surface area (Å²) in [5.41, 5.74) is 0.517. The van der Waals surface area contributed by atoms with E-state index in [1.165, 1.54) is 35.2 Å². The molecule has 43 heavy (non-hydrogen) atoms. The third-order valence-corrected chi connectivity index (χ3v) is 10.5. The Bertz CT molecular complexity index is 1530. The van der Waals surface area contributed by atoms with Gasteiger partial charge in [0.25, 0.3) is 10.0 Å². The monoisotopic (exact) mass is 683 g/mol. The number of benzene rings is 3. The number of hydrogen-bond donors (Lipinski definition) is 1. The Morgan fingerprint density at radius 1 is 0.884 bits per heavy atom. The van der Waals surface area contributed by atoms with Crippen LogP contribution in [0.2, 0.25) is 20.1 Å². The largest absolute Gasteiger partial charge is 0.352 e. The van der Waals surface area contributed by atoms with Crippen molar-refractivity contribution in [3.05, 3.63) is 92.4 Å². The summed E-state index contributed by atoms with van der Waals surface area (Å²) in [5.74, 6) is -0.944. The summed E-state index contributed by atoms with van der Waals surface area (Å²) in [6.45, 7) is 1.05. The minimum Gasteiger partial charge on any atom is -0.352 e. The summed E-state index contributed by atoms with van der Waals surface area (Å²) in [5, 5.41) is 4.10. The van der Waals surface area contributed by atoms with Crippen molar-refractivity contribution in [1.82, 2.24) is 10.2 Å². The molecule has 1 aliphatic carbocycles. The fourth-order valence-electron chi connectivity index (χ4n) is 5.23. The maximum absolute atomic E-state index is 14.3. The number of halogens is 4. The van der Waals surface area contributed by atoms with E-state index in [4.69, 9.17) is 46.4 Å². The number of carbonyl (C=O) groups is 2. The molecule has 0 saturated heterocycles. The van der Waals surface area contributed by atoms with Gasteiger partial charge < -0.3 is 10.2 Å². The lowest BCUT2D eigenvalue weighted by Gasteiger charge is -2.35. The molecule has 7 nitrogen and oxygen atoms in total. The zero-order chi connectivity index (χ0) is 31.1. The second kappa shape index (κ2) is 15.0. The molecular formula is C31H33Cl4N3O4S. The molecule has 0 spiro atoms. The molecule has 4 rings (SSSR count). The molecular weight excluding hydrogens is 652 g/mol. The first-order valence-corrected chi connectivity index (χ1v) is 17.0. The Hall–Kier alpha value is -2.49. The molecule has 1 fully saturated rings. The van der Waals surface area contributed by atoms with Gasteiger partial charge in [-0.25, -0.2) is 8.42 Å². The van der Waals surface area contributed by atoms with Gasteiger partial charge in [-0.15, -0.1) is 0 Å². The Morgan fingerprint density at radius 3 is 2.14 bits per heavy atom. The summed E-state index contributed by atoms with van der Waals surface area (Å²) in [6, 6.07) is 16.2. The second-order valence-electron chi connectivity index (χ2n) is 10.4. The minimum absolute atomic E-state index is 0.0129. The summed E-state index contributed by atoms with van der Waals surface area (Å²) < 4.78 is 28.9. The average Bonchev–Trinajstić information content (AvgIpc) is 2.98. The van der Waals surface area contributed by atoms with Crippen LogP contribution in [-0.2, 0) is 26.2 Å². The lowest BCUT2D eigenvalue weighted by molar-refractivity contribution is -0.140. The van der Waals surface area contributed by atoms with Crippen LogP contribution in [0.1, 0.15) is 51.0 Å². The molecule has 0 radical (unpaired) electrons. The van der Waals surface area contributed by atoms with Crippen LogP contribution in [0.25, 0.3) is 0 Å². The Morgan fingerprint density at radius 2 is 1.53 bits per heavy atom. The van der Waals surface area contributed by atoms with Gasteiger partial charge >= 0.3 is 0 Å². The number of anilines is 1. The fourth-order valence-corrected chi connectivity index (χ4v) is 7.77. The molecule has 0 aromatic heterocycles. The van der Waals surface area contributed by atoms with Crippen LogP contribution in [-0.4, -0.2) is 43.8 Å². The number of nitrogens with zero attached hydrogens (tertiary/aromatic N) is 2. The van der Waals surface area contributed by atoms with Crippen molar-refractivity contribution in [3.8, 4) is 0 Å². The third-order valence-electron chi connectivity index (χ3n) is 7.52. The molecule has 0 bridgehead atoms. The number of hydrogen-bond acceptors (Lipinski definition) is 4. The van der Waals surface area contributed by atoms with E-state index in [-0.39, 0.29) is 40.5 Å². The quantitative estimate of drug-likeness (QED) is 0.224. The van der Waals surface area contributed by atoms with E-state index in [9.17, 15) is 18.0 Å². The number of amides is 2. The predicted octanol–water partition coefficient (Wildman–Crippen LogP) is 7.75. The maximum atomic E-state index is 14.3. The molecule has 1 N–H and O–H groups in total. The van der Waals surface area contributed by atoms with Crippen molar-refractivity contribution in [3.63, 3.8) is 0 Å². The lowest BCUT2D eigenvalue weighted by atomic mass is 9.95. The Labute approximate surface area is 273 Å². The standard InChI is InChI=1S/C31H33Cl4N3O4S/c1-2-28(31(40)36-22-10-5-3-6-11-22)37(19-24-25(33)14-9-15-26(24)34)30(39)20-38(29-17-16-21(32)18-27(29)35)43(41,42)23-12-7-4-8-13-23/h4,7-9,12-18,22,28H,2-3,5-6,10-11,19-20H2,1H3,(H,36,40)/t28-/m1/s1. The summed E-state index contributed by atoms with van der Waals surface area (Å²) in [4.78, 5) is 29.3. The molecule has 3 aromatic carbocycles. The van der Waals surface area contributed by atoms with Crippen molar-refractivity contribution >= 4 is 73.9 Å². The van der Waals surface area contributed by atoms with Crippen LogP contribution in [0.15, 0.2) is 71.6 Å². The van der Waals surface area contributed by atoms with Gasteiger partial charge in [-0.2, -0.15) is 0 Å². The molecule has 0 unspecified atom stereocenters. The van der Waals surface area contributed by atoms with Gasteiger partial charge in [0, 0.05) is 33.2 Å². The van der Waals surface area contributed by atoms with Gasteiger partial charge in [-0.1, -0.05) is 96.9 Å². The first-order chi connectivity index (χ1) is 20.5. The number of rotatable bonds is 11. The van der Waals surface area contributed by atoms with E-state index in [1.54, 1.807) is 43.3 Å². The van der Waals surface area contributed by atoms with E-state index < -0.39 is 28.5 Å². The van der Waals surface area contributed by atoms with E-state index in [0.29, 0.717) is 20.6 Å². The van der Waals surface area contributed by atoms with Crippen LogP contribution in [0.5, 0.6) is 0 Å². The average molecular weight is 686 g/mol. The summed E-state index contributed by atoms with van der Waals surface area (Å²) in [6.07, 6.45) is 5.18. The van der Waals surface area contributed by atoms with Crippen LogP contribution in [0.3, 0.4) is 0 Å². The molecule has 230 valence electrons.